The molecule has 2 aromatic rings. The van der Waals surface area contributed by atoms with Gasteiger partial charge in [-0.25, -0.2) is 0 Å². The normalized spacial score (nSPS) is 25.8. The maximum Gasteiger partial charge on any atom is 0.236 e. The highest BCUT2D eigenvalue weighted by Gasteiger charge is 2.39. The Morgan fingerprint density at radius 1 is 1.29 bits per heavy atom. The molecule has 2 saturated heterocycles. The van der Waals surface area contributed by atoms with Crippen LogP contribution in [0.2, 0.25) is 0 Å². The van der Waals surface area contributed by atoms with Crippen molar-refractivity contribution in [1.29, 1.82) is 0 Å². The van der Waals surface area contributed by atoms with Crippen LogP contribution in [-0.2, 0) is 4.79 Å². The van der Waals surface area contributed by atoms with E-state index in [0.717, 1.165) is 31.1 Å². The molecule has 0 spiro atoms. The van der Waals surface area contributed by atoms with Crippen LogP contribution in [0.25, 0.3) is 0 Å². The average molecular weight is 401 g/mol. The predicted molar refractivity (Wildman–Crippen MR) is 110 cm³/mol. The molecule has 3 atom stereocenters. The molecule has 0 N–H and O–H groups in total. The van der Waals surface area contributed by atoms with E-state index in [9.17, 15) is 4.79 Å². The summed E-state index contributed by atoms with van der Waals surface area (Å²) in [7, 11) is 1.69. The molecule has 7 heteroatoms. The quantitative estimate of drug-likeness (QED) is 0.772. The molecule has 1 aromatic carbocycles. The van der Waals surface area contributed by atoms with Crippen molar-refractivity contribution >= 4 is 17.4 Å². The van der Waals surface area contributed by atoms with Crippen LogP contribution in [-0.4, -0.2) is 65.1 Å². The fraction of sp³-hybridized carbons (Fsp3) is 0.571. The van der Waals surface area contributed by atoms with Gasteiger partial charge in [0.1, 0.15) is 5.75 Å². The van der Waals surface area contributed by atoms with Crippen molar-refractivity contribution in [3.05, 3.63) is 40.9 Å². The number of methoxy groups -OCH3 is 1. The van der Waals surface area contributed by atoms with Crippen LogP contribution in [0.4, 0.5) is 0 Å². The van der Waals surface area contributed by atoms with Gasteiger partial charge in [-0.2, -0.15) is 0 Å². The van der Waals surface area contributed by atoms with Gasteiger partial charge in [-0.05, 0) is 54.5 Å². The minimum Gasteiger partial charge on any atom is -0.497 e. The standard InChI is InChI=1S/C21H28N4O2S/c1-15-5-4-8-24(10-15)13-21(26)25-11-18(16-6-3-7-17(9-16)27-2)19(12-25)20-14-28-23-22-20/h3,6-7,9,14-15,18-19H,4-5,8,10-13H2,1-2H3/t15-,18+,19-/m1/s1. The number of piperidine rings is 1. The number of likely N-dealkylation sites (tertiary alicyclic amines) is 2. The zero-order valence-electron chi connectivity index (χ0n) is 16.6. The molecule has 2 aliphatic rings. The van der Waals surface area contributed by atoms with Crippen LogP contribution in [0.15, 0.2) is 29.6 Å². The largest absolute Gasteiger partial charge is 0.497 e. The molecular weight excluding hydrogens is 372 g/mol. The van der Waals surface area contributed by atoms with Gasteiger partial charge in [-0.1, -0.05) is 23.5 Å². The minimum atomic E-state index is 0.176. The molecule has 2 aliphatic heterocycles. The Bertz CT molecular complexity index is 797. The summed E-state index contributed by atoms with van der Waals surface area (Å²) in [4.78, 5) is 17.4. The fourth-order valence-electron chi connectivity index (χ4n) is 4.57. The van der Waals surface area contributed by atoms with E-state index in [2.05, 4.69) is 33.5 Å². The van der Waals surface area contributed by atoms with E-state index in [1.807, 2.05) is 22.4 Å². The lowest BCUT2D eigenvalue weighted by molar-refractivity contribution is -0.131. The van der Waals surface area contributed by atoms with E-state index in [0.29, 0.717) is 19.0 Å². The summed E-state index contributed by atoms with van der Waals surface area (Å²) in [5, 5.41) is 6.34. The van der Waals surface area contributed by atoms with Gasteiger partial charge in [-0.3, -0.25) is 9.69 Å². The highest BCUT2D eigenvalue weighted by atomic mass is 32.1. The van der Waals surface area contributed by atoms with Gasteiger partial charge in [0.2, 0.25) is 5.91 Å². The van der Waals surface area contributed by atoms with Crippen molar-refractivity contribution in [2.24, 2.45) is 5.92 Å². The Morgan fingerprint density at radius 2 is 2.14 bits per heavy atom. The summed E-state index contributed by atoms with van der Waals surface area (Å²) >= 11 is 1.37. The maximum atomic E-state index is 13.1. The van der Waals surface area contributed by atoms with Crippen molar-refractivity contribution in [3.63, 3.8) is 0 Å². The number of hydrogen-bond acceptors (Lipinski definition) is 6. The van der Waals surface area contributed by atoms with Gasteiger partial charge >= 0.3 is 0 Å². The molecule has 0 aliphatic carbocycles. The molecule has 4 rings (SSSR count). The van der Waals surface area contributed by atoms with Crippen molar-refractivity contribution in [3.8, 4) is 5.75 Å². The maximum absolute atomic E-state index is 13.1. The topological polar surface area (TPSA) is 58.6 Å². The second-order valence-electron chi connectivity index (χ2n) is 8.10. The van der Waals surface area contributed by atoms with E-state index in [-0.39, 0.29) is 17.7 Å². The first-order valence-corrected chi connectivity index (χ1v) is 10.9. The number of aromatic nitrogens is 2. The second-order valence-corrected chi connectivity index (χ2v) is 8.71. The van der Waals surface area contributed by atoms with E-state index in [1.54, 1.807) is 7.11 Å². The van der Waals surface area contributed by atoms with Gasteiger partial charge in [0, 0.05) is 36.9 Å². The summed E-state index contributed by atoms with van der Waals surface area (Å²) in [5.74, 6) is 2.14. The van der Waals surface area contributed by atoms with Gasteiger partial charge in [-0.15, -0.1) is 5.10 Å². The molecule has 0 saturated carbocycles. The third-order valence-electron chi connectivity index (χ3n) is 6.05. The molecule has 0 radical (unpaired) electrons. The smallest absolute Gasteiger partial charge is 0.236 e. The number of hydrogen-bond donors (Lipinski definition) is 0. The molecule has 28 heavy (non-hydrogen) atoms. The monoisotopic (exact) mass is 400 g/mol. The number of amides is 1. The molecule has 0 bridgehead atoms. The zero-order chi connectivity index (χ0) is 19.5. The SMILES string of the molecule is COc1cccc([C@@H]2CN(C(=O)CN3CCC[C@@H](C)C3)C[C@H]2c2csnn2)c1. The minimum absolute atomic E-state index is 0.176. The first kappa shape index (κ1) is 19.3. The van der Waals surface area contributed by atoms with Crippen LogP contribution in [0.5, 0.6) is 5.75 Å². The number of carbonyl (C=O) groups is 1. The van der Waals surface area contributed by atoms with Crippen LogP contribution < -0.4 is 4.74 Å². The van der Waals surface area contributed by atoms with Gasteiger partial charge in [0.05, 0.1) is 19.3 Å². The van der Waals surface area contributed by atoms with E-state index in [4.69, 9.17) is 4.74 Å². The molecule has 150 valence electrons. The van der Waals surface area contributed by atoms with Gasteiger partial charge in [0.25, 0.3) is 0 Å². The van der Waals surface area contributed by atoms with Gasteiger partial charge in [0.15, 0.2) is 0 Å². The summed E-state index contributed by atoms with van der Waals surface area (Å²) in [6.45, 7) is 6.28. The predicted octanol–water partition coefficient (Wildman–Crippen LogP) is 2.99. The Morgan fingerprint density at radius 3 is 2.89 bits per heavy atom. The molecule has 6 nitrogen and oxygen atoms in total. The molecule has 1 amide bonds. The highest BCUT2D eigenvalue weighted by Crippen LogP contribution is 2.40. The van der Waals surface area contributed by atoms with E-state index in [1.165, 1.54) is 29.9 Å². The molecular formula is C21H28N4O2S. The lowest BCUT2D eigenvalue weighted by Crippen LogP contribution is -2.43. The lowest BCUT2D eigenvalue weighted by Gasteiger charge is -2.31. The first-order valence-electron chi connectivity index (χ1n) is 10.0. The second kappa shape index (κ2) is 8.57. The van der Waals surface area contributed by atoms with Crippen molar-refractivity contribution in [2.75, 3.05) is 39.8 Å². The highest BCUT2D eigenvalue weighted by molar-refractivity contribution is 7.03. The number of nitrogens with zero attached hydrogens (tertiary/aromatic N) is 4. The summed E-state index contributed by atoms with van der Waals surface area (Å²) in [6.07, 6.45) is 2.46. The van der Waals surface area contributed by atoms with Crippen molar-refractivity contribution < 1.29 is 9.53 Å². The summed E-state index contributed by atoms with van der Waals surface area (Å²) in [5.41, 5.74) is 2.18. The average Bonchev–Trinajstić information content (AvgIpc) is 3.37. The number of carbonyl (C=O) groups excluding carboxylic acids is 1. The van der Waals surface area contributed by atoms with Crippen LogP contribution in [0.1, 0.15) is 42.9 Å². The zero-order valence-corrected chi connectivity index (χ0v) is 17.4. The number of rotatable bonds is 5. The molecule has 2 fully saturated rings. The van der Waals surface area contributed by atoms with Crippen molar-refractivity contribution in [2.45, 2.75) is 31.6 Å². The fourth-order valence-corrected chi connectivity index (χ4v) is 5.09. The van der Waals surface area contributed by atoms with Crippen LogP contribution >= 0.6 is 11.5 Å². The third kappa shape index (κ3) is 4.20. The lowest BCUT2D eigenvalue weighted by atomic mass is 9.87. The van der Waals surface area contributed by atoms with Crippen molar-refractivity contribution in [1.82, 2.24) is 19.4 Å². The van der Waals surface area contributed by atoms with Gasteiger partial charge < -0.3 is 9.64 Å². The van der Waals surface area contributed by atoms with E-state index >= 15 is 0 Å². The van der Waals surface area contributed by atoms with E-state index < -0.39 is 0 Å². The Hall–Kier alpha value is -1.99. The summed E-state index contributed by atoms with van der Waals surface area (Å²) in [6, 6.07) is 8.18. The Kier molecular flexibility index (Phi) is 5.92. The van der Waals surface area contributed by atoms with Crippen LogP contribution in [0, 0.1) is 5.92 Å². The molecule has 1 aromatic heterocycles. The first-order chi connectivity index (χ1) is 13.6. The molecule has 3 heterocycles. The third-order valence-corrected chi connectivity index (χ3v) is 6.57. The Balaban J connectivity index is 1.51. The van der Waals surface area contributed by atoms with Crippen LogP contribution in [0.3, 0.4) is 0 Å². The summed E-state index contributed by atoms with van der Waals surface area (Å²) < 4.78 is 9.47. The Labute approximate surface area is 170 Å². The number of benzene rings is 1. The molecule has 0 unspecified atom stereocenters. The number of ether oxygens (including phenoxy) is 1.